The standard InChI is InChI=1S/C16H24N4O2.C2HF3O2/c1-18-10-14(8-17-18)20-5-2-12-9-19(11-15(12)16(20)21)13-3-6-22-7-4-13;3-2(4,5)1(6)7/h8,10,12-13,15H,2-7,9,11H2,1H3;(H,6,7)/t12-,15-;/m1./s1. The van der Waals surface area contributed by atoms with Crippen molar-refractivity contribution in [1.82, 2.24) is 14.7 Å². The highest BCUT2D eigenvalue weighted by Gasteiger charge is 2.45. The van der Waals surface area contributed by atoms with Crippen molar-refractivity contribution in [3.63, 3.8) is 0 Å². The third-order valence-electron chi connectivity index (χ3n) is 5.73. The number of amides is 1. The number of carbonyl (C=O) groups excluding carboxylic acids is 1. The van der Waals surface area contributed by atoms with E-state index in [1.54, 1.807) is 10.9 Å². The molecule has 0 aromatic carbocycles. The number of rotatable bonds is 2. The van der Waals surface area contributed by atoms with Crippen molar-refractivity contribution in [3.05, 3.63) is 12.4 Å². The van der Waals surface area contributed by atoms with Crippen LogP contribution in [0.15, 0.2) is 12.4 Å². The van der Waals surface area contributed by atoms with Crippen molar-refractivity contribution >= 4 is 17.6 Å². The molecule has 0 bridgehead atoms. The van der Waals surface area contributed by atoms with E-state index >= 15 is 0 Å². The van der Waals surface area contributed by atoms with Gasteiger partial charge in [-0.25, -0.2) is 4.79 Å². The molecule has 0 spiro atoms. The fourth-order valence-electron chi connectivity index (χ4n) is 4.23. The number of carboxylic acid groups (broad SMARTS) is 1. The number of likely N-dealkylation sites (tertiary alicyclic amines) is 1. The Morgan fingerprint density at radius 3 is 2.45 bits per heavy atom. The van der Waals surface area contributed by atoms with E-state index < -0.39 is 12.1 Å². The highest BCUT2D eigenvalue weighted by atomic mass is 19.4. The van der Waals surface area contributed by atoms with E-state index in [1.807, 2.05) is 18.1 Å². The molecule has 4 heterocycles. The summed E-state index contributed by atoms with van der Waals surface area (Å²) in [4.78, 5) is 26.3. The lowest BCUT2D eigenvalue weighted by atomic mass is 9.88. The summed E-state index contributed by atoms with van der Waals surface area (Å²) >= 11 is 0. The number of aryl methyl sites for hydroxylation is 1. The smallest absolute Gasteiger partial charge is 0.475 e. The molecule has 0 unspecified atom stereocenters. The molecular weight excluding hydrogens is 393 g/mol. The van der Waals surface area contributed by atoms with Crippen LogP contribution in [0.25, 0.3) is 0 Å². The van der Waals surface area contributed by atoms with Gasteiger partial charge in [0.05, 0.1) is 17.8 Å². The Labute approximate surface area is 166 Å². The number of hydrogen-bond donors (Lipinski definition) is 1. The SMILES string of the molecule is Cn1cc(N2CC[C@@H]3CN(C4CCOCC4)C[C@H]3C2=O)cn1.O=C(O)C(F)(F)F. The lowest BCUT2D eigenvalue weighted by molar-refractivity contribution is -0.192. The van der Waals surface area contributed by atoms with Crippen LogP contribution in [0.4, 0.5) is 18.9 Å². The molecule has 3 fully saturated rings. The second-order valence-electron chi connectivity index (χ2n) is 7.62. The van der Waals surface area contributed by atoms with Crippen molar-refractivity contribution in [2.75, 3.05) is 37.7 Å². The molecule has 1 amide bonds. The van der Waals surface area contributed by atoms with E-state index in [2.05, 4.69) is 10.00 Å². The number of hydrogen-bond acceptors (Lipinski definition) is 5. The first kappa shape index (κ1) is 21.6. The first-order valence-corrected chi connectivity index (χ1v) is 9.58. The number of ether oxygens (including phenoxy) is 1. The average Bonchev–Trinajstić information content (AvgIpc) is 3.29. The minimum atomic E-state index is -5.08. The largest absolute Gasteiger partial charge is 0.490 e. The van der Waals surface area contributed by atoms with Crippen LogP contribution in [0, 0.1) is 11.8 Å². The van der Waals surface area contributed by atoms with E-state index in [-0.39, 0.29) is 5.92 Å². The molecule has 11 heteroatoms. The fraction of sp³-hybridized carbons (Fsp3) is 0.722. The normalized spacial score (nSPS) is 26.1. The molecule has 162 valence electrons. The maximum Gasteiger partial charge on any atom is 0.490 e. The highest BCUT2D eigenvalue weighted by molar-refractivity contribution is 5.96. The van der Waals surface area contributed by atoms with Crippen molar-refractivity contribution in [1.29, 1.82) is 0 Å². The van der Waals surface area contributed by atoms with Crippen molar-refractivity contribution in [3.8, 4) is 0 Å². The van der Waals surface area contributed by atoms with Gasteiger partial charge in [-0.15, -0.1) is 0 Å². The first-order valence-electron chi connectivity index (χ1n) is 9.58. The van der Waals surface area contributed by atoms with E-state index in [1.165, 1.54) is 0 Å². The van der Waals surface area contributed by atoms with E-state index in [4.69, 9.17) is 14.6 Å². The highest BCUT2D eigenvalue weighted by Crippen LogP contribution is 2.36. The van der Waals surface area contributed by atoms with E-state index in [9.17, 15) is 18.0 Å². The van der Waals surface area contributed by atoms with Crippen molar-refractivity contribution in [2.24, 2.45) is 18.9 Å². The quantitative estimate of drug-likeness (QED) is 0.784. The zero-order valence-corrected chi connectivity index (χ0v) is 16.1. The minimum absolute atomic E-state index is 0.164. The molecule has 3 aliphatic rings. The fourth-order valence-corrected chi connectivity index (χ4v) is 4.23. The Morgan fingerprint density at radius 1 is 1.24 bits per heavy atom. The molecule has 3 saturated heterocycles. The number of nitrogens with zero attached hydrogens (tertiary/aromatic N) is 4. The van der Waals surface area contributed by atoms with Crippen LogP contribution < -0.4 is 4.90 Å². The van der Waals surface area contributed by atoms with Gasteiger partial charge in [-0.3, -0.25) is 14.4 Å². The Morgan fingerprint density at radius 2 is 1.90 bits per heavy atom. The summed E-state index contributed by atoms with van der Waals surface area (Å²) in [6, 6.07) is 0.610. The summed E-state index contributed by atoms with van der Waals surface area (Å²) in [5.74, 6) is -1.77. The number of fused-ring (bicyclic) bond motifs is 1. The monoisotopic (exact) mass is 418 g/mol. The summed E-state index contributed by atoms with van der Waals surface area (Å²) in [5.41, 5.74) is 0.940. The van der Waals surface area contributed by atoms with Gasteiger partial charge < -0.3 is 14.7 Å². The minimum Gasteiger partial charge on any atom is -0.475 e. The second-order valence-corrected chi connectivity index (χ2v) is 7.62. The van der Waals surface area contributed by atoms with Gasteiger partial charge in [0.25, 0.3) is 0 Å². The average molecular weight is 418 g/mol. The number of aromatic nitrogens is 2. The third-order valence-corrected chi connectivity index (χ3v) is 5.73. The molecule has 8 nitrogen and oxygen atoms in total. The van der Waals surface area contributed by atoms with Gasteiger partial charge in [-0.05, 0) is 25.2 Å². The summed E-state index contributed by atoms with van der Waals surface area (Å²) < 4.78 is 39.0. The molecule has 0 aliphatic carbocycles. The number of anilines is 1. The van der Waals surface area contributed by atoms with Crippen LogP contribution in [0.5, 0.6) is 0 Å². The molecule has 0 radical (unpaired) electrons. The Balaban J connectivity index is 0.000000298. The summed E-state index contributed by atoms with van der Waals surface area (Å²) in [6.45, 7) is 4.57. The molecule has 1 aromatic rings. The van der Waals surface area contributed by atoms with E-state index in [0.29, 0.717) is 17.9 Å². The van der Waals surface area contributed by atoms with Gasteiger partial charge in [-0.2, -0.15) is 18.3 Å². The molecule has 0 saturated carbocycles. The van der Waals surface area contributed by atoms with Crippen LogP contribution in [0.2, 0.25) is 0 Å². The topological polar surface area (TPSA) is 87.9 Å². The van der Waals surface area contributed by atoms with Gasteiger partial charge in [-0.1, -0.05) is 0 Å². The molecule has 2 atom stereocenters. The summed E-state index contributed by atoms with van der Waals surface area (Å²) in [6.07, 6.45) is 1.97. The van der Waals surface area contributed by atoms with Crippen molar-refractivity contribution in [2.45, 2.75) is 31.5 Å². The molecule has 1 aromatic heterocycles. The number of carbonyl (C=O) groups is 2. The van der Waals surface area contributed by atoms with Gasteiger partial charge >= 0.3 is 12.1 Å². The molecule has 29 heavy (non-hydrogen) atoms. The maximum atomic E-state index is 12.9. The number of piperidine rings is 1. The van der Waals surface area contributed by atoms with Crippen LogP contribution in [0.3, 0.4) is 0 Å². The molecular formula is C18H25F3N4O4. The first-order chi connectivity index (χ1) is 13.7. The molecule has 3 aliphatic heterocycles. The second kappa shape index (κ2) is 8.70. The lowest BCUT2D eigenvalue weighted by Crippen LogP contribution is -2.45. The van der Waals surface area contributed by atoms with Crippen LogP contribution >= 0.6 is 0 Å². The van der Waals surface area contributed by atoms with Gasteiger partial charge in [0.1, 0.15) is 0 Å². The number of aliphatic carboxylic acids is 1. The van der Waals surface area contributed by atoms with Crippen molar-refractivity contribution < 1.29 is 32.6 Å². The van der Waals surface area contributed by atoms with Gasteiger partial charge in [0, 0.05) is 52.1 Å². The van der Waals surface area contributed by atoms with Crippen LogP contribution in [0.1, 0.15) is 19.3 Å². The maximum absolute atomic E-state index is 12.9. The zero-order valence-electron chi connectivity index (χ0n) is 16.1. The Kier molecular flexibility index (Phi) is 6.47. The Hall–Kier alpha value is -2.14. The Bertz CT molecular complexity index is 733. The third kappa shape index (κ3) is 5.08. The molecule has 1 N–H and O–H groups in total. The molecule has 4 rings (SSSR count). The van der Waals surface area contributed by atoms with Crippen LogP contribution in [-0.4, -0.2) is 76.7 Å². The lowest BCUT2D eigenvalue weighted by Gasteiger charge is -2.33. The summed E-state index contributed by atoms with van der Waals surface area (Å²) in [5, 5.41) is 11.3. The van der Waals surface area contributed by atoms with Crippen LogP contribution in [-0.2, 0) is 21.4 Å². The predicted molar refractivity (Wildman–Crippen MR) is 96.3 cm³/mol. The van der Waals surface area contributed by atoms with Gasteiger partial charge in [0.15, 0.2) is 0 Å². The summed E-state index contributed by atoms with van der Waals surface area (Å²) in [7, 11) is 1.89. The van der Waals surface area contributed by atoms with E-state index in [0.717, 1.165) is 57.8 Å². The number of halogens is 3. The number of alkyl halides is 3. The predicted octanol–water partition coefficient (Wildman–Crippen LogP) is 1.52. The number of carboxylic acids is 1. The van der Waals surface area contributed by atoms with Gasteiger partial charge in [0.2, 0.25) is 5.91 Å². The zero-order chi connectivity index (χ0) is 21.2.